The van der Waals surface area contributed by atoms with E-state index in [2.05, 4.69) is 18.7 Å². The summed E-state index contributed by atoms with van der Waals surface area (Å²) >= 11 is 0. The first kappa shape index (κ1) is 12.2. The third-order valence-corrected chi connectivity index (χ3v) is 2.77. The molecule has 1 aliphatic rings. The number of carbonyl (C=O) groups is 1. The molecular weight excluding hydrogens is 194 g/mol. The van der Waals surface area contributed by atoms with Gasteiger partial charge in [0.25, 0.3) is 0 Å². The van der Waals surface area contributed by atoms with E-state index in [9.17, 15) is 4.79 Å². The second kappa shape index (κ2) is 4.77. The van der Waals surface area contributed by atoms with Crippen LogP contribution in [-0.2, 0) is 9.53 Å². The van der Waals surface area contributed by atoms with Crippen molar-refractivity contribution in [3.8, 4) is 0 Å². The van der Waals surface area contributed by atoms with Crippen molar-refractivity contribution in [3.63, 3.8) is 0 Å². The topological polar surface area (TPSA) is 49.8 Å². The number of ether oxygens (including phenoxy) is 1. The summed E-state index contributed by atoms with van der Waals surface area (Å²) in [6.07, 6.45) is 1.76. The van der Waals surface area contributed by atoms with Crippen LogP contribution in [0.5, 0.6) is 0 Å². The maximum atomic E-state index is 10.6. The zero-order valence-electron chi connectivity index (χ0n) is 9.62. The predicted octanol–water partition coefficient (Wildman–Crippen LogP) is 1.13. The van der Waals surface area contributed by atoms with E-state index < -0.39 is 5.97 Å². The zero-order chi connectivity index (χ0) is 11.5. The first-order valence-electron chi connectivity index (χ1n) is 5.16. The van der Waals surface area contributed by atoms with Gasteiger partial charge in [-0.3, -0.25) is 4.90 Å². The van der Waals surface area contributed by atoms with Gasteiger partial charge in [0.15, 0.2) is 0 Å². The van der Waals surface area contributed by atoms with Crippen LogP contribution in [-0.4, -0.2) is 47.8 Å². The van der Waals surface area contributed by atoms with Crippen LogP contribution in [0.15, 0.2) is 11.6 Å². The van der Waals surface area contributed by atoms with Gasteiger partial charge in [-0.1, -0.05) is 6.08 Å². The molecule has 0 bridgehead atoms. The third kappa shape index (κ3) is 3.32. The maximum Gasteiger partial charge on any atom is 0.330 e. The highest BCUT2D eigenvalue weighted by atomic mass is 16.5. The standard InChI is InChI=1S/C11H19NO3/c1-9(10(13)14)4-5-12-6-7-15-8-11(12,2)3/h4H,5-8H2,1-3H3,(H,13,14). The molecule has 0 aliphatic carbocycles. The van der Waals surface area contributed by atoms with Gasteiger partial charge >= 0.3 is 5.97 Å². The number of carboxylic acids is 1. The van der Waals surface area contributed by atoms with Crippen molar-refractivity contribution in [1.29, 1.82) is 0 Å². The van der Waals surface area contributed by atoms with Gasteiger partial charge in [-0.15, -0.1) is 0 Å². The Bertz CT molecular complexity index is 271. The van der Waals surface area contributed by atoms with Crippen LogP contribution < -0.4 is 0 Å². The van der Waals surface area contributed by atoms with E-state index in [1.54, 1.807) is 13.0 Å². The molecule has 1 N–H and O–H groups in total. The molecule has 4 nitrogen and oxygen atoms in total. The Balaban J connectivity index is 2.57. The summed E-state index contributed by atoms with van der Waals surface area (Å²) in [7, 11) is 0. The molecule has 1 heterocycles. The summed E-state index contributed by atoms with van der Waals surface area (Å²) in [6, 6.07) is 0. The smallest absolute Gasteiger partial charge is 0.330 e. The minimum atomic E-state index is -0.846. The zero-order valence-corrected chi connectivity index (χ0v) is 9.62. The molecule has 1 saturated heterocycles. The van der Waals surface area contributed by atoms with Crippen molar-refractivity contribution in [2.24, 2.45) is 0 Å². The van der Waals surface area contributed by atoms with Crippen molar-refractivity contribution in [2.45, 2.75) is 26.3 Å². The molecule has 0 aromatic rings. The van der Waals surface area contributed by atoms with Crippen molar-refractivity contribution in [3.05, 3.63) is 11.6 Å². The quantitative estimate of drug-likeness (QED) is 0.714. The minimum absolute atomic E-state index is 0.00642. The molecule has 0 unspecified atom stereocenters. The fraction of sp³-hybridized carbons (Fsp3) is 0.727. The lowest BCUT2D eigenvalue weighted by Gasteiger charge is -2.41. The van der Waals surface area contributed by atoms with Crippen LogP contribution in [0.4, 0.5) is 0 Å². The minimum Gasteiger partial charge on any atom is -0.478 e. The van der Waals surface area contributed by atoms with Crippen LogP contribution in [0.1, 0.15) is 20.8 Å². The Hall–Kier alpha value is -0.870. The normalized spacial score (nSPS) is 22.7. The van der Waals surface area contributed by atoms with Gasteiger partial charge in [0.1, 0.15) is 0 Å². The highest BCUT2D eigenvalue weighted by Crippen LogP contribution is 2.18. The van der Waals surface area contributed by atoms with Crippen molar-refractivity contribution >= 4 is 5.97 Å². The second-order valence-corrected chi connectivity index (χ2v) is 4.50. The van der Waals surface area contributed by atoms with E-state index in [1.807, 2.05) is 0 Å². The molecular formula is C11H19NO3. The molecule has 0 amide bonds. The fourth-order valence-corrected chi connectivity index (χ4v) is 1.56. The number of hydrogen-bond donors (Lipinski definition) is 1. The molecule has 1 fully saturated rings. The van der Waals surface area contributed by atoms with Gasteiger partial charge in [-0.2, -0.15) is 0 Å². The average Bonchev–Trinajstić information content (AvgIpc) is 2.14. The molecule has 1 aliphatic heterocycles. The van der Waals surface area contributed by atoms with E-state index in [1.165, 1.54) is 0 Å². The molecule has 0 atom stereocenters. The summed E-state index contributed by atoms with van der Waals surface area (Å²) in [6.45, 7) is 8.79. The largest absolute Gasteiger partial charge is 0.478 e. The first-order valence-corrected chi connectivity index (χ1v) is 5.16. The Morgan fingerprint density at radius 1 is 1.60 bits per heavy atom. The fourth-order valence-electron chi connectivity index (χ4n) is 1.56. The average molecular weight is 213 g/mol. The molecule has 86 valence electrons. The lowest BCUT2D eigenvalue weighted by Crippen LogP contribution is -2.52. The predicted molar refractivity (Wildman–Crippen MR) is 57.9 cm³/mol. The lowest BCUT2D eigenvalue weighted by molar-refractivity contribution is -0.132. The van der Waals surface area contributed by atoms with Crippen LogP contribution in [0.3, 0.4) is 0 Å². The van der Waals surface area contributed by atoms with E-state index in [0.717, 1.165) is 13.2 Å². The van der Waals surface area contributed by atoms with Gasteiger partial charge in [0, 0.05) is 24.2 Å². The molecule has 0 saturated carbocycles. The number of hydrogen-bond acceptors (Lipinski definition) is 3. The monoisotopic (exact) mass is 213 g/mol. The summed E-state index contributed by atoms with van der Waals surface area (Å²) in [5.74, 6) is -0.846. The van der Waals surface area contributed by atoms with Crippen molar-refractivity contribution in [2.75, 3.05) is 26.3 Å². The van der Waals surface area contributed by atoms with Crippen molar-refractivity contribution < 1.29 is 14.6 Å². The van der Waals surface area contributed by atoms with Crippen LogP contribution in [0.2, 0.25) is 0 Å². The number of morpholine rings is 1. The maximum absolute atomic E-state index is 10.6. The third-order valence-electron chi connectivity index (χ3n) is 2.77. The van der Waals surface area contributed by atoms with Gasteiger partial charge in [0.05, 0.1) is 13.2 Å². The highest BCUT2D eigenvalue weighted by molar-refractivity contribution is 5.85. The number of aliphatic carboxylic acids is 1. The number of carboxylic acid groups (broad SMARTS) is 1. The van der Waals surface area contributed by atoms with Crippen LogP contribution in [0, 0.1) is 0 Å². The summed E-state index contributed by atoms with van der Waals surface area (Å²) in [4.78, 5) is 12.9. The SMILES string of the molecule is CC(=CCN1CCOCC1(C)C)C(=O)O. The van der Waals surface area contributed by atoms with Gasteiger partial charge in [0.2, 0.25) is 0 Å². The Kier molecular flexibility index (Phi) is 3.88. The summed E-state index contributed by atoms with van der Waals surface area (Å²) < 4.78 is 5.39. The van der Waals surface area contributed by atoms with Gasteiger partial charge in [-0.25, -0.2) is 4.79 Å². The van der Waals surface area contributed by atoms with E-state index in [0.29, 0.717) is 18.7 Å². The highest BCUT2D eigenvalue weighted by Gasteiger charge is 2.29. The van der Waals surface area contributed by atoms with E-state index in [4.69, 9.17) is 9.84 Å². The first-order chi connectivity index (χ1) is 6.93. The lowest BCUT2D eigenvalue weighted by atomic mass is 10.0. The number of nitrogens with zero attached hydrogens (tertiary/aromatic N) is 1. The van der Waals surface area contributed by atoms with Crippen LogP contribution in [0.25, 0.3) is 0 Å². The number of rotatable bonds is 3. The molecule has 4 heteroatoms. The van der Waals surface area contributed by atoms with Gasteiger partial charge < -0.3 is 9.84 Å². The Morgan fingerprint density at radius 2 is 2.27 bits per heavy atom. The van der Waals surface area contributed by atoms with E-state index in [-0.39, 0.29) is 5.54 Å². The van der Waals surface area contributed by atoms with Gasteiger partial charge in [-0.05, 0) is 20.8 Å². The molecule has 0 radical (unpaired) electrons. The molecule has 0 spiro atoms. The Morgan fingerprint density at radius 3 is 2.80 bits per heavy atom. The van der Waals surface area contributed by atoms with Crippen LogP contribution >= 0.6 is 0 Å². The summed E-state index contributed by atoms with van der Waals surface area (Å²) in [5.41, 5.74) is 0.394. The second-order valence-electron chi connectivity index (χ2n) is 4.50. The molecule has 0 aromatic heterocycles. The summed E-state index contributed by atoms with van der Waals surface area (Å²) in [5, 5.41) is 8.73. The molecule has 0 aromatic carbocycles. The molecule has 1 rings (SSSR count). The Labute approximate surface area is 90.5 Å². The molecule has 15 heavy (non-hydrogen) atoms. The van der Waals surface area contributed by atoms with E-state index >= 15 is 0 Å². The van der Waals surface area contributed by atoms with Crippen molar-refractivity contribution in [1.82, 2.24) is 4.90 Å².